The highest BCUT2D eigenvalue weighted by Crippen LogP contribution is 2.40. The molecule has 1 heterocycles. The summed E-state index contributed by atoms with van der Waals surface area (Å²) in [7, 11) is 0. The first-order valence-electron chi connectivity index (χ1n) is 10.5. The maximum Gasteiger partial charge on any atom is 0.256 e. The Morgan fingerprint density at radius 3 is 2.17 bits per heavy atom. The molecule has 3 rings (SSSR count). The molecule has 1 N–H and O–H groups in total. The molecule has 0 atom stereocenters. The van der Waals surface area contributed by atoms with Gasteiger partial charge in [-0.3, -0.25) is 4.79 Å². The van der Waals surface area contributed by atoms with Gasteiger partial charge in [-0.05, 0) is 57.9 Å². The maximum absolute atomic E-state index is 14.6. The molecule has 0 saturated carbocycles. The number of para-hydroxylation sites is 1. The van der Waals surface area contributed by atoms with Crippen molar-refractivity contribution in [2.75, 3.05) is 43.1 Å². The first-order valence-corrected chi connectivity index (χ1v) is 10.5. The summed E-state index contributed by atoms with van der Waals surface area (Å²) in [5.74, 6) is 0.396. The number of amides is 1. The van der Waals surface area contributed by atoms with Crippen LogP contribution >= 0.6 is 0 Å². The van der Waals surface area contributed by atoms with Gasteiger partial charge in [0.15, 0.2) is 11.5 Å². The predicted octanol–water partition coefficient (Wildman–Crippen LogP) is 4.87. The molecule has 0 aliphatic carbocycles. The van der Waals surface area contributed by atoms with Crippen LogP contribution in [0, 0.1) is 5.82 Å². The van der Waals surface area contributed by atoms with Crippen LogP contribution < -0.4 is 24.4 Å². The van der Waals surface area contributed by atoms with Crippen LogP contribution in [0.5, 0.6) is 17.2 Å². The van der Waals surface area contributed by atoms with Gasteiger partial charge in [-0.2, -0.15) is 0 Å². The number of nitrogens with zero attached hydrogens (tertiary/aromatic N) is 1. The van der Waals surface area contributed by atoms with E-state index in [9.17, 15) is 9.18 Å². The molecule has 0 unspecified atom stereocenters. The quantitative estimate of drug-likeness (QED) is 0.632. The summed E-state index contributed by atoms with van der Waals surface area (Å²) in [6.07, 6.45) is 2.11. The van der Waals surface area contributed by atoms with Crippen LogP contribution in [0.1, 0.15) is 44.0 Å². The third kappa shape index (κ3) is 4.78. The van der Waals surface area contributed by atoms with Crippen molar-refractivity contribution < 1.29 is 23.4 Å². The molecule has 1 aliphatic heterocycles. The number of ether oxygens (including phenoxy) is 3. The van der Waals surface area contributed by atoms with Crippen molar-refractivity contribution in [2.24, 2.45) is 0 Å². The van der Waals surface area contributed by atoms with Crippen molar-refractivity contribution in [1.82, 2.24) is 0 Å². The fourth-order valence-corrected chi connectivity index (χ4v) is 3.56. The molecule has 7 heteroatoms. The Hall–Kier alpha value is -2.96. The minimum absolute atomic E-state index is 0.189. The van der Waals surface area contributed by atoms with E-state index in [4.69, 9.17) is 14.2 Å². The Morgan fingerprint density at radius 1 is 1.00 bits per heavy atom. The van der Waals surface area contributed by atoms with Crippen LogP contribution in [-0.2, 0) is 0 Å². The lowest BCUT2D eigenvalue weighted by atomic mass is 10.1. The summed E-state index contributed by atoms with van der Waals surface area (Å²) >= 11 is 0. The van der Waals surface area contributed by atoms with E-state index in [0.29, 0.717) is 48.3 Å². The van der Waals surface area contributed by atoms with Crippen molar-refractivity contribution in [3.05, 3.63) is 41.7 Å². The number of anilines is 2. The van der Waals surface area contributed by atoms with Crippen LogP contribution in [0.25, 0.3) is 0 Å². The molecule has 0 radical (unpaired) electrons. The molecule has 1 amide bonds. The summed E-state index contributed by atoms with van der Waals surface area (Å²) in [4.78, 5) is 15.2. The number of carbonyl (C=O) groups is 1. The van der Waals surface area contributed by atoms with Crippen LogP contribution in [-0.4, -0.2) is 38.8 Å². The van der Waals surface area contributed by atoms with E-state index in [1.807, 2.05) is 26.8 Å². The van der Waals surface area contributed by atoms with E-state index in [-0.39, 0.29) is 5.69 Å². The largest absolute Gasteiger partial charge is 0.490 e. The molecular weight excluding hydrogens is 387 g/mol. The molecule has 30 heavy (non-hydrogen) atoms. The molecule has 0 bridgehead atoms. The van der Waals surface area contributed by atoms with E-state index in [1.54, 1.807) is 18.2 Å². The lowest BCUT2D eigenvalue weighted by Crippen LogP contribution is -2.22. The number of carbonyl (C=O) groups excluding carboxylic acids is 1. The lowest BCUT2D eigenvalue weighted by Gasteiger charge is -2.22. The minimum Gasteiger partial charge on any atom is -0.490 e. The number of nitrogens with one attached hydrogen (secondary N) is 1. The Balaban J connectivity index is 1.95. The Morgan fingerprint density at radius 2 is 1.60 bits per heavy atom. The normalized spacial score (nSPS) is 13.3. The number of hydrogen-bond donors (Lipinski definition) is 1. The molecule has 0 spiro atoms. The first-order chi connectivity index (χ1) is 14.6. The van der Waals surface area contributed by atoms with Gasteiger partial charge < -0.3 is 24.4 Å². The topological polar surface area (TPSA) is 60.0 Å². The zero-order valence-corrected chi connectivity index (χ0v) is 17.8. The monoisotopic (exact) mass is 416 g/mol. The zero-order valence-electron chi connectivity index (χ0n) is 17.8. The molecule has 1 fully saturated rings. The number of rotatable bonds is 9. The molecule has 2 aromatic rings. The second kappa shape index (κ2) is 10.2. The molecule has 6 nitrogen and oxygen atoms in total. The smallest absolute Gasteiger partial charge is 0.256 e. The highest BCUT2D eigenvalue weighted by molar-refractivity contribution is 6.06. The molecule has 1 aliphatic rings. The highest BCUT2D eigenvalue weighted by atomic mass is 19.1. The van der Waals surface area contributed by atoms with Crippen molar-refractivity contribution in [1.29, 1.82) is 0 Å². The Bertz CT molecular complexity index is 854. The van der Waals surface area contributed by atoms with E-state index >= 15 is 0 Å². The van der Waals surface area contributed by atoms with Gasteiger partial charge >= 0.3 is 0 Å². The van der Waals surface area contributed by atoms with Crippen molar-refractivity contribution >= 4 is 17.3 Å². The third-order valence-electron chi connectivity index (χ3n) is 4.85. The van der Waals surface area contributed by atoms with Gasteiger partial charge in [-0.15, -0.1) is 0 Å². The van der Waals surface area contributed by atoms with Crippen LogP contribution in [0.15, 0.2) is 30.3 Å². The average Bonchev–Trinajstić information content (AvgIpc) is 3.26. The number of hydrogen-bond acceptors (Lipinski definition) is 5. The summed E-state index contributed by atoms with van der Waals surface area (Å²) in [6, 6.07) is 8.05. The van der Waals surface area contributed by atoms with Crippen molar-refractivity contribution in [3.63, 3.8) is 0 Å². The fraction of sp³-hybridized carbons (Fsp3) is 0.435. The fourth-order valence-electron chi connectivity index (χ4n) is 3.56. The van der Waals surface area contributed by atoms with E-state index < -0.39 is 11.7 Å². The average molecular weight is 416 g/mol. The first kappa shape index (κ1) is 21.7. The van der Waals surface area contributed by atoms with Gasteiger partial charge in [0.1, 0.15) is 11.5 Å². The van der Waals surface area contributed by atoms with Gasteiger partial charge in [0.2, 0.25) is 5.75 Å². The number of halogens is 1. The van der Waals surface area contributed by atoms with Gasteiger partial charge in [-0.1, -0.05) is 6.07 Å². The minimum atomic E-state index is -0.464. The van der Waals surface area contributed by atoms with Gasteiger partial charge in [-0.25, -0.2) is 4.39 Å². The molecule has 2 aromatic carbocycles. The van der Waals surface area contributed by atoms with Crippen molar-refractivity contribution in [3.8, 4) is 17.2 Å². The Kier molecular flexibility index (Phi) is 7.38. The SMILES string of the molecule is CCOc1cc(C(=O)Nc2c(F)cccc2N2CCCC2)cc(OCC)c1OCC. The highest BCUT2D eigenvalue weighted by Gasteiger charge is 2.22. The Labute approximate surface area is 176 Å². The van der Waals surface area contributed by atoms with E-state index in [0.717, 1.165) is 25.9 Å². The zero-order chi connectivity index (χ0) is 21.5. The summed E-state index contributed by atoms with van der Waals surface area (Å²) in [5, 5.41) is 2.75. The number of benzene rings is 2. The van der Waals surface area contributed by atoms with Gasteiger partial charge in [0, 0.05) is 18.7 Å². The molecular formula is C23H29FN2O4. The molecule has 162 valence electrons. The third-order valence-corrected chi connectivity index (χ3v) is 4.85. The molecule has 0 aromatic heterocycles. The van der Waals surface area contributed by atoms with Crippen LogP contribution in [0.4, 0.5) is 15.8 Å². The van der Waals surface area contributed by atoms with E-state index in [2.05, 4.69) is 10.2 Å². The standard InChI is InChI=1S/C23H29FN2O4/c1-4-28-19-14-16(15-20(29-5-2)22(19)30-6-3)23(27)25-21-17(24)10-9-11-18(21)26-12-7-8-13-26/h9-11,14-15H,4-8,12-13H2,1-3H3,(H,25,27). The van der Waals surface area contributed by atoms with Crippen molar-refractivity contribution in [2.45, 2.75) is 33.6 Å². The lowest BCUT2D eigenvalue weighted by molar-refractivity contribution is 0.102. The maximum atomic E-state index is 14.6. The summed E-state index contributed by atoms with van der Waals surface area (Å²) in [5.41, 5.74) is 1.19. The van der Waals surface area contributed by atoms with Crippen LogP contribution in [0.2, 0.25) is 0 Å². The van der Waals surface area contributed by atoms with E-state index in [1.165, 1.54) is 6.07 Å². The second-order valence-electron chi connectivity index (χ2n) is 6.88. The molecule has 1 saturated heterocycles. The van der Waals surface area contributed by atoms with Gasteiger partial charge in [0.25, 0.3) is 5.91 Å². The predicted molar refractivity (Wildman–Crippen MR) is 116 cm³/mol. The summed E-state index contributed by atoms with van der Waals surface area (Å²) < 4.78 is 31.7. The second-order valence-corrected chi connectivity index (χ2v) is 6.88. The van der Waals surface area contributed by atoms with Crippen LogP contribution in [0.3, 0.4) is 0 Å². The summed E-state index contributed by atoms with van der Waals surface area (Å²) in [6.45, 7) is 8.50. The van der Waals surface area contributed by atoms with Gasteiger partial charge in [0.05, 0.1) is 25.5 Å².